The topological polar surface area (TPSA) is 51.2 Å². The number of esters is 1. The van der Waals surface area contributed by atoms with E-state index in [1.54, 1.807) is 0 Å². The van der Waals surface area contributed by atoms with Crippen molar-refractivity contribution in [2.45, 2.75) is 6.42 Å². The first-order valence-corrected chi connectivity index (χ1v) is 7.17. The fourth-order valence-electron chi connectivity index (χ4n) is 1.32. The Morgan fingerprint density at radius 3 is 2.83 bits per heavy atom. The Labute approximate surface area is 123 Å². The zero-order chi connectivity index (χ0) is 13.0. The second kappa shape index (κ2) is 6.14. The molecule has 0 aliphatic rings. The summed E-state index contributed by atoms with van der Waals surface area (Å²) in [5.74, 6) is -0.277. The molecule has 0 fully saturated rings. The summed E-state index contributed by atoms with van der Waals surface area (Å²) >= 11 is 3.73. The van der Waals surface area contributed by atoms with E-state index in [-0.39, 0.29) is 12.4 Å². The van der Waals surface area contributed by atoms with Crippen molar-refractivity contribution in [3.05, 3.63) is 38.9 Å². The lowest BCUT2D eigenvalue weighted by atomic mass is 10.3. The van der Waals surface area contributed by atoms with Gasteiger partial charge < -0.3 is 10.1 Å². The number of carbonyl (C=O) groups excluding carboxylic acids is 1. The van der Waals surface area contributed by atoms with E-state index in [1.807, 2.05) is 29.6 Å². The highest BCUT2D eigenvalue weighted by Gasteiger charge is 2.07. The number of halogens is 1. The number of aromatic nitrogens is 1. The van der Waals surface area contributed by atoms with Crippen LogP contribution in [0.5, 0.6) is 0 Å². The van der Waals surface area contributed by atoms with Crippen LogP contribution in [0.25, 0.3) is 0 Å². The Hall–Kier alpha value is -1.15. The van der Waals surface area contributed by atoms with Gasteiger partial charge in [0.05, 0.1) is 19.2 Å². The molecule has 2 aromatic rings. The minimum Gasteiger partial charge on any atom is -0.469 e. The summed E-state index contributed by atoms with van der Waals surface area (Å²) in [7, 11) is 1.37. The van der Waals surface area contributed by atoms with Crippen LogP contribution in [0.2, 0.25) is 0 Å². The molecule has 0 saturated carbocycles. The van der Waals surface area contributed by atoms with Gasteiger partial charge in [0.25, 0.3) is 0 Å². The quantitative estimate of drug-likeness (QED) is 0.660. The lowest BCUT2D eigenvalue weighted by Crippen LogP contribution is -2.04. The summed E-state index contributed by atoms with van der Waals surface area (Å²) in [5, 5.41) is 5.82. The smallest absolute Gasteiger partial charge is 0.311 e. The molecular weight excluding hydrogens is 363 g/mol. The van der Waals surface area contributed by atoms with E-state index in [0.717, 1.165) is 16.5 Å². The number of methoxy groups -OCH3 is 1. The molecule has 1 aromatic heterocycles. The molecular formula is C12H11IN2O2S. The number of rotatable bonds is 4. The summed E-state index contributed by atoms with van der Waals surface area (Å²) in [4.78, 5) is 15.4. The fraction of sp³-hybridized carbons (Fsp3) is 0.167. The van der Waals surface area contributed by atoms with E-state index in [2.05, 4.69) is 37.6 Å². The lowest BCUT2D eigenvalue weighted by Gasteiger charge is -2.01. The standard InChI is InChI=1S/C12H11IN2O2S/c1-17-11(16)6-10-7-18-12(15-10)14-9-4-2-8(13)3-5-9/h2-5,7H,6H2,1H3,(H,14,15). The van der Waals surface area contributed by atoms with Crippen LogP contribution in [0, 0.1) is 3.57 Å². The Bertz CT molecular complexity index is 539. The first kappa shape index (κ1) is 13.3. The number of anilines is 2. The van der Waals surface area contributed by atoms with Gasteiger partial charge in [-0.15, -0.1) is 11.3 Å². The van der Waals surface area contributed by atoms with E-state index in [1.165, 1.54) is 22.0 Å². The van der Waals surface area contributed by atoms with E-state index in [9.17, 15) is 4.79 Å². The van der Waals surface area contributed by atoms with Gasteiger partial charge in [-0.1, -0.05) is 0 Å². The maximum absolute atomic E-state index is 11.1. The molecule has 0 bridgehead atoms. The zero-order valence-electron chi connectivity index (χ0n) is 9.64. The number of ether oxygens (including phenoxy) is 1. The van der Waals surface area contributed by atoms with Gasteiger partial charge in [-0.3, -0.25) is 4.79 Å². The first-order chi connectivity index (χ1) is 8.67. The van der Waals surface area contributed by atoms with Crippen LogP contribution in [0.1, 0.15) is 5.69 Å². The van der Waals surface area contributed by atoms with Crippen LogP contribution in [0.15, 0.2) is 29.6 Å². The Balaban J connectivity index is 2.02. The van der Waals surface area contributed by atoms with Gasteiger partial charge in [0.1, 0.15) is 0 Å². The molecule has 0 aliphatic carbocycles. The van der Waals surface area contributed by atoms with Crippen molar-refractivity contribution < 1.29 is 9.53 Å². The summed E-state index contributed by atoms with van der Waals surface area (Å²) in [6.45, 7) is 0. The summed E-state index contributed by atoms with van der Waals surface area (Å²) in [6.07, 6.45) is 0.210. The van der Waals surface area contributed by atoms with Gasteiger partial charge in [0, 0.05) is 14.6 Å². The van der Waals surface area contributed by atoms with Crippen molar-refractivity contribution in [2.24, 2.45) is 0 Å². The van der Waals surface area contributed by atoms with Gasteiger partial charge in [0.15, 0.2) is 5.13 Å². The van der Waals surface area contributed by atoms with Crippen molar-refractivity contribution in [1.82, 2.24) is 4.98 Å². The van der Waals surface area contributed by atoms with E-state index >= 15 is 0 Å². The summed E-state index contributed by atoms with van der Waals surface area (Å²) in [5.41, 5.74) is 1.70. The van der Waals surface area contributed by atoms with Crippen molar-refractivity contribution >= 4 is 50.7 Å². The number of nitrogens with zero attached hydrogens (tertiary/aromatic N) is 1. The van der Waals surface area contributed by atoms with Crippen molar-refractivity contribution in [3.8, 4) is 0 Å². The second-order valence-electron chi connectivity index (χ2n) is 3.53. The SMILES string of the molecule is COC(=O)Cc1csc(Nc2ccc(I)cc2)n1. The Morgan fingerprint density at radius 2 is 2.17 bits per heavy atom. The van der Waals surface area contributed by atoms with Crippen LogP contribution in [-0.4, -0.2) is 18.1 Å². The average molecular weight is 374 g/mol. The fourth-order valence-corrected chi connectivity index (χ4v) is 2.41. The molecule has 94 valence electrons. The maximum Gasteiger partial charge on any atom is 0.311 e. The number of thiazole rings is 1. The van der Waals surface area contributed by atoms with Crippen molar-refractivity contribution in [1.29, 1.82) is 0 Å². The van der Waals surface area contributed by atoms with Gasteiger partial charge in [-0.05, 0) is 46.9 Å². The number of hydrogen-bond acceptors (Lipinski definition) is 5. The third kappa shape index (κ3) is 3.67. The van der Waals surface area contributed by atoms with Crippen molar-refractivity contribution in [3.63, 3.8) is 0 Å². The third-order valence-electron chi connectivity index (χ3n) is 2.20. The minimum atomic E-state index is -0.277. The second-order valence-corrected chi connectivity index (χ2v) is 5.63. The molecule has 4 nitrogen and oxygen atoms in total. The van der Waals surface area contributed by atoms with Crippen LogP contribution in [-0.2, 0) is 16.0 Å². The molecule has 2 rings (SSSR count). The van der Waals surface area contributed by atoms with Crippen LogP contribution < -0.4 is 5.32 Å². The minimum absolute atomic E-state index is 0.210. The molecule has 1 N–H and O–H groups in total. The van der Waals surface area contributed by atoms with E-state index in [4.69, 9.17) is 0 Å². The van der Waals surface area contributed by atoms with Gasteiger partial charge >= 0.3 is 5.97 Å². The number of carbonyl (C=O) groups is 1. The van der Waals surface area contributed by atoms with Crippen LogP contribution in [0.4, 0.5) is 10.8 Å². The normalized spacial score (nSPS) is 10.1. The first-order valence-electron chi connectivity index (χ1n) is 5.21. The van der Waals surface area contributed by atoms with Gasteiger partial charge in [-0.25, -0.2) is 4.98 Å². The molecule has 1 aromatic carbocycles. The van der Waals surface area contributed by atoms with Gasteiger partial charge in [0.2, 0.25) is 0 Å². The summed E-state index contributed by atoms with van der Waals surface area (Å²) < 4.78 is 5.78. The predicted molar refractivity (Wildman–Crippen MR) is 80.3 cm³/mol. The van der Waals surface area contributed by atoms with E-state index in [0.29, 0.717) is 0 Å². The Kier molecular flexibility index (Phi) is 4.54. The molecule has 0 unspecified atom stereocenters. The molecule has 1 heterocycles. The van der Waals surface area contributed by atoms with Crippen molar-refractivity contribution in [2.75, 3.05) is 12.4 Å². The number of nitrogens with one attached hydrogen (secondary N) is 1. The summed E-state index contributed by atoms with van der Waals surface area (Å²) in [6, 6.07) is 8.02. The van der Waals surface area contributed by atoms with Gasteiger partial charge in [-0.2, -0.15) is 0 Å². The molecule has 18 heavy (non-hydrogen) atoms. The number of hydrogen-bond donors (Lipinski definition) is 1. The highest BCUT2D eigenvalue weighted by atomic mass is 127. The zero-order valence-corrected chi connectivity index (χ0v) is 12.6. The molecule has 0 amide bonds. The maximum atomic E-state index is 11.1. The Morgan fingerprint density at radius 1 is 1.44 bits per heavy atom. The largest absolute Gasteiger partial charge is 0.469 e. The molecule has 0 saturated heterocycles. The lowest BCUT2D eigenvalue weighted by molar-refractivity contribution is -0.139. The third-order valence-corrected chi connectivity index (χ3v) is 3.73. The van der Waals surface area contributed by atoms with E-state index < -0.39 is 0 Å². The monoisotopic (exact) mass is 374 g/mol. The molecule has 6 heteroatoms. The molecule has 0 aliphatic heterocycles. The highest BCUT2D eigenvalue weighted by Crippen LogP contribution is 2.21. The highest BCUT2D eigenvalue weighted by molar-refractivity contribution is 14.1. The molecule has 0 spiro atoms. The number of benzene rings is 1. The average Bonchev–Trinajstić information content (AvgIpc) is 2.79. The van der Waals surface area contributed by atoms with Crippen LogP contribution in [0.3, 0.4) is 0 Å². The molecule has 0 atom stereocenters. The molecule has 0 radical (unpaired) electrons. The van der Waals surface area contributed by atoms with Crippen LogP contribution >= 0.6 is 33.9 Å². The predicted octanol–water partition coefficient (Wildman–Crippen LogP) is 3.21.